The second kappa shape index (κ2) is 6.01. The van der Waals surface area contributed by atoms with Crippen molar-refractivity contribution in [2.24, 2.45) is 5.92 Å². The van der Waals surface area contributed by atoms with Gasteiger partial charge in [0.05, 0.1) is 6.42 Å². The highest BCUT2D eigenvalue weighted by Crippen LogP contribution is 2.17. The summed E-state index contributed by atoms with van der Waals surface area (Å²) >= 11 is 0. The maximum absolute atomic E-state index is 12.1. The monoisotopic (exact) mass is 247 g/mol. The number of hydrogen-bond acceptors (Lipinski definition) is 2. The molecule has 98 valence electrons. The van der Waals surface area contributed by atoms with E-state index >= 15 is 0 Å². The van der Waals surface area contributed by atoms with Crippen molar-refractivity contribution in [3.8, 4) is 0 Å². The Morgan fingerprint density at radius 1 is 1.28 bits per heavy atom. The Morgan fingerprint density at radius 2 is 1.89 bits per heavy atom. The highest BCUT2D eigenvalue weighted by Gasteiger charge is 2.22. The lowest BCUT2D eigenvalue weighted by atomic mass is 9.97. The fourth-order valence-electron chi connectivity index (χ4n) is 2.36. The van der Waals surface area contributed by atoms with Crippen LogP contribution in [0.15, 0.2) is 24.3 Å². The van der Waals surface area contributed by atoms with Crippen molar-refractivity contribution in [3.63, 3.8) is 0 Å². The molecule has 1 aliphatic rings. The number of aliphatic hydroxyl groups excluding tert-OH is 1. The fraction of sp³-hybridized carbons (Fsp3) is 0.533. The molecule has 0 saturated carbocycles. The zero-order chi connectivity index (χ0) is 13.0. The lowest BCUT2D eigenvalue weighted by molar-refractivity contribution is -0.132. The average molecular weight is 247 g/mol. The Bertz CT molecular complexity index is 391. The van der Waals surface area contributed by atoms with E-state index in [1.165, 1.54) is 5.56 Å². The van der Waals surface area contributed by atoms with Crippen LogP contribution in [0.4, 0.5) is 0 Å². The number of hydrogen-bond donors (Lipinski definition) is 1. The van der Waals surface area contributed by atoms with Gasteiger partial charge < -0.3 is 10.0 Å². The third-order valence-corrected chi connectivity index (χ3v) is 3.70. The van der Waals surface area contributed by atoms with Gasteiger partial charge in [-0.3, -0.25) is 4.79 Å². The van der Waals surface area contributed by atoms with Crippen LogP contribution >= 0.6 is 0 Å². The lowest BCUT2D eigenvalue weighted by Gasteiger charge is -2.31. The van der Waals surface area contributed by atoms with Gasteiger partial charge in [0, 0.05) is 19.7 Å². The molecule has 0 bridgehead atoms. The second-order valence-corrected chi connectivity index (χ2v) is 5.17. The molecule has 3 nitrogen and oxygen atoms in total. The van der Waals surface area contributed by atoms with Gasteiger partial charge in [-0.05, 0) is 31.2 Å². The maximum Gasteiger partial charge on any atom is 0.226 e. The summed E-state index contributed by atoms with van der Waals surface area (Å²) in [6.45, 7) is 3.87. The molecule has 1 fully saturated rings. The average Bonchev–Trinajstić information content (AvgIpc) is 2.41. The number of amides is 1. The molecule has 1 amide bonds. The van der Waals surface area contributed by atoms with Crippen molar-refractivity contribution in [3.05, 3.63) is 35.4 Å². The molecule has 0 radical (unpaired) electrons. The minimum Gasteiger partial charge on any atom is -0.396 e. The lowest BCUT2D eigenvalue weighted by Crippen LogP contribution is -2.40. The van der Waals surface area contributed by atoms with Crippen LogP contribution in [0.2, 0.25) is 0 Å². The van der Waals surface area contributed by atoms with Gasteiger partial charge in [-0.1, -0.05) is 29.8 Å². The minimum atomic E-state index is 0.204. The summed E-state index contributed by atoms with van der Waals surface area (Å²) in [6, 6.07) is 8.13. The molecule has 1 aromatic rings. The molecule has 0 unspecified atom stereocenters. The quantitative estimate of drug-likeness (QED) is 0.884. The number of piperidine rings is 1. The molecule has 0 aromatic heterocycles. The van der Waals surface area contributed by atoms with E-state index < -0.39 is 0 Å². The van der Waals surface area contributed by atoms with Crippen LogP contribution in [0.5, 0.6) is 0 Å². The third kappa shape index (κ3) is 3.33. The topological polar surface area (TPSA) is 40.5 Å². The number of likely N-dealkylation sites (tertiary alicyclic amines) is 1. The number of rotatable bonds is 3. The van der Waals surface area contributed by atoms with Gasteiger partial charge in [-0.15, -0.1) is 0 Å². The van der Waals surface area contributed by atoms with E-state index in [2.05, 4.69) is 0 Å². The molecule has 0 spiro atoms. The SMILES string of the molecule is Cc1ccc(CC(=O)N2CCC(CO)CC2)cc1. The van der Waals surface area contributed by atoms with E-state index in [9.17, 15) is 4.79 Å². The Kier molecular flexibility index (Phi) is 4.37. The van der Waals surface area contributed by atoms with E-state index in [0.717, 1.165) is 31.5 Å². The fourth-order valence-corrected chi connectivity index (χ4v) is 2.36. The predicted molar refractivity (Wildman–Crippen MR) is 71.3 cm³/mol. The Labute approximate surface area is 108 Å². The first kappa shape index (κ1) is 13.1. The Balaban J connectivity index is 1.87. The summed E-state index contributed by atoms with van der Waals surface area (Å²) in [5.41, 5.74) is 2.30. The molecule has 1 N–H and O–H groups in total. The van der Waals surface area contributed by atoms with E-state index in [0.29, 0.717) is 12.3 Å². The number of nitrogens with zero attached hydrogens (tertiary/aromatic N) is 1. The normalized spacial score (nSPS) is 16.9. The van der Waals surface area contributed by atoms with Crippen LogP contribution in [0.1, 0.15) is 24.0 Å². The van der Waals surface area contributed by atoms with Crippen LogP contribution in [0.25, 0.3) is 0 Å². The van der Waals surface area contributed by atoms with Crippen LogP contribution in [0, 0.1) is 12.8 Å². The smallest absolute Gasteiger partial charge is 0.226 e. The maximum atomic E-state index is 12.1. The summed E-state index contributed by atoms with van der Waals surface area (Å²) in [5, 5.41) is 9.07. The number of aliphatic hydroxyl groups is 1. The van der Waals surface area contributed by atoms with E-state index in [4.69, 9.17) is 5.11 Å². The van der Waals surface area contributed by atoms with Crippen molar-refractivity contribution >= 4 is 5.91 Å². The van der Waals surface area contributed by atoms with Gasteiger partial charge in [-0.25, -0.2) is 0 Å². The van der Waals surface area contributed by atoms with Gasteiger partial charge in [0.25, 0.3) is 0 Å². The molecule has 1 aliphatic heterocycles. The summed E-state index contributed by atoms with van der Waals surface area (Å²) < 4.78 is 0. The van der Waals surface area contributed by atoms with Crippen molar-refractivity contribution < 1.29 is 9.90 Å². The molecule has 18 heavy (non-hydrogen) atoms. The number of benzene rings is 1. The zero-order valence-electron chi connectivity index (χ0n) is 10.9. The van der Waals surface area contributed by atoms with Crippen LogP contribution < -0.4 is 0 Å². The van der Waals surface area contributed by atoms with Crippen molar-refractivity contribution in [1.29, 1.82) is 0 Å². The largest absolute Gasteiger partial charge is 0.396 e. The summed E-state index contributed by atoms with van der Waals surface area (Å²) in [7, 11) is 0. The molecule has 0 atom stereocenters. The van der Waals surface area contributed by atoms with Gasteiger partial charge in [0.2, 0.25) is 5.91 Å². The van der Waals surface area contributed by atoms with Gasteiger partial charge in [-0.2, -0.15) is 0 Å². The molecule has 1 heterocycles. The van der Waals surface area contributed by atoms with Gasteiger partial charge in [0.15, 0.2) is 0 Å². The van der Waals surface area contributed by atoms with Crippen LogP contribution in [-0.4, -0.2) is 35.6 Å². The van der Waals surface area contributed by atoms with Crippen molar-refractivity contribution in [2.45, 2.75) is 26.2 Å². The standard InChI is InChI=1S/C15H21NO2/c1-12-2-4-13(5-3-12)10-15(18)16-8-6-14(11-17)7-9-16/h2-5,14,17H,6-11H2,1H3. The van der Waals surface area contributed by atoms with Crippen LogP contribution in [0.3, 0.4) is 0 Å². The molecule has 0 aliphatic carbocycles. The molecule has 2 rings (SSSR count). The highest BCUT2D eigenvalue weighted by molar-refractivity contribution is 5.78. The predicted octanol–water partition coefficient (Wildman–Crippen LogP) is 1.77. The summed E-state index contributed by atoms with van der Waals surface area (Å²) in [5.74, 6) is 0.587. The van der Waals surface area contributed by atoms with Crippen molar-refractivity contribution in [1.82, 2.24) is 4.90 Å². The third-order valence-electron chi connectivity index (χ3n) is 3.70. The molecule has 3 heteroatoms. The van der Waals surface area contributed by atoms with E-state index in [1.807, 2.05) is 36.1 Å². The highest BCUT2D eigenvalue weighted by atomic mass is 16.3. The number of aryl methyl sites for hydroxylation is 1. The van der Waals surface area contributed by atoms with E-state index in [-0.39, 0.29) is 12.5 Å². The Hall–Kier alpha value is -1.35. The van der Waals surface area contributed by atoms with Crippen LogP contribution in [-0.2, 0) is 11.2 Å². The summed E-state index contributed by atoms with van der Waals surface area (Å²) in [6.07, 6.45) is 2.34. The first-order valence-electron chi connectivity index (χ1n) is 6.63. The first-order chi connectivity index (χ1) is 8.69. The van der Waals surface area contributed by atoms with Crippen molar-refractivity contribution in [2.75, 3.05) is 19.7 Å². The van der Waals surface area contributed by atoms with Gasteiger partial charge in [0.1, 0.15) is 0 Å². The number of carbonyl (C=O) groups is 1. The van der Waals surface area contributed by atoms with E-state index in [1.54, 1.807) is 0 Å². The minimum absolute atomic E-state index is 0.204. The first-order valence-corrected chi connectivity index (χ1v) is 6.63. The second-order valence-electron chi connectivity index (χ2n) is 5.17. The molecular weight excluding hydrogens is 226 g/mol. The molecule has 1 saturated heterocycles. The Morgan fingerprint density at radius 3 is 2.44 bits per heavy atom. The molecule has 1 aromatic carbocycles. The summed E-state index contributed by atoms with van der Waals surface area (Å²) in [4.78, 5) is 14.0. The number of carbonyl (C=O) groups excluding carboxylic acids is 1. The van der Waals surface area contributed by atoms with Gasteiger partial charge >= 0.3 is 0 Å². The zero-order valence-corrected chi connectivity index (χ0v) is 10.9. The molecular formula is C15H21NO2.